The molecule has 1 unspecified atom stereocenters. The summed E-state index contributed by atoms with van der Waals surface area (Å²) in [5.74, 6) is -1.06. The van der Waals surface area contributed by atoms with Crippen LogP contribution in [0.5, 0.6) is 0 Å². The fourth-order valence-corrected chi connectivity index (χ4v) is 2.49. The molecule has 1 heterocycles. The first kappa shape index (κ1) is 17.7. The second-order valence-corrected chi connectivity index (χ2v) is 6.27. The summed E-state index contributed by atoms with van der Waals surface area (Å²) in [5, 5.41) is 16.2. The van der Waals surface area contributed by atoms with Crippen LogP contribution in [0, 0.1) is 12.8 Å². The van der Waals surface area contributed by atoms with Crippen molar-refractivity contribution in [1.82, 2.24) is 15.1 Å². The van der Waals surface area contributed by atoms with Gasteiger partial charge in [0.15, 0.2) is 0 Å². The van der Waals surface area contributed by atoms with E-state index < -0.39 is 17.9 Å². The highest BCUT2D eigenvalue weighted by atomic mass is 16.4. The van der Waals surface area contributed by atoms with Crippen molar-refractivity contribution < 1.29 is 14.7 Å². The predicted molar refractivity (Wildman–Crippen MR) is 90.8 cm³/mol. The zero-order valence-corrected chi connectivity index (χ0v) is 14.2. The molecule has 0 aliphatic heterocycles. The maximum absolute atomic E-state index is 12.4. The monoisotopic (exact) mass is 329 g/mol. The SMILES string of the molecule is Cc1c(C(=O)NC(Cc2ccccc2)C(=O)O)cnn1CC(C)C. The molecule has 2 N–H and O–H groups in total. The first-order chi connectivity index (χ1) is 11.4. The van der Waals surface area contributed by atoms with E-state index in [1.165, 1.54) is 6.20 Å². The summed E-state index contributed by atoms with van der Waals surface area (Å²) in [6.07, 6.45) is 1.73. The zero-order chi connectivity index (χ0) is 17.7. The van der Waals surface area contributed by atoms with Gasteiger partial charge in [0.1, 0.15) is 6.04 Å². The minimum Gasteiger partial charge on any atom is -0.480 e. The van der Waals surface area contributed by atoms with Crippen molar-refractivity contribution in [3.63, 3.8) is 0 Å². The molecule has 1 aromatic carbocycles. The number of carboxylic acids is 1. The van der Waals surface area contributed by atoms with E-state index in [4.69, 9.17) is 0 Å². The Bertz CT molecular complexity index is 708. The lowest BCUT2D eigenvalue weighted by atomic mass is 10.1. The molecule has 24 heavy (non-hydrogen) atoms. The maximum Gasteiger partial charge on any atom is 0.326 e. The number of carbonyl (C=O) groups excluding carboxylic acids is 1. The van der Waals surface area contributed by atoms with Crippen molar-refractivity contribution in [2.24, 2.45) is 5.92 Å². The van der Waals surface area contributed by atoms with Crippen molar-refractivity contribution in [3.05, 3.63) is 53.3 Å². The summed E-state index contributed by atoms with van der Waals surface area (Å²) in [4.78, 5) is 23.9. The van der Waals surface area contributed by atoms with Gasteiger partial charge in [-0.05, 0) is 18.4 Å². The second kappa shape index (κ2) is 7.77. The molecule has 0 saturated carbocycles. The van der Waals surface area contributed by atoms with Gasteiger partial charge in [0, 0.05) is 18.7 Å². The van der Waals surface area contributed by atoms with Gasteiger partial charge in [-0.3, -0.25) is 9.48 Å². The summed E-state index contributed by atoms with van der Waals surface area (Å²) in [7, 11) is 0. The number of aromatic nitrogens is 2. The van der Waals surface area contributed by atoms with Crippen molar-refractivity contribution in [3.8, 4) is 0 Å². The van der Waals surface area contributed by atoms with Gasteiger partial charge in [0.05, 0.1) is 11.8 Å². The van der Waals surface area contributed by atoms with E-state index in [1.54, 1.807) is 4.68 Å². The molecule has 6 nitrogen and oxygen atoms in total. The summed E-state index contributed by atoms with van der Waals surface area (Å²) >= 11 is 0. The fourth-order valence-electron chi connectivity index (χ4n) is 2.49. The molecule has 0 spiro atoms. The third-order valence-corrected chi connectivity index (χ3v) is 3.77. The predicted octanol–water partition coefficient (Wildman–Crippen LogP) is 2.27. The number of benzene rings is 1. The maximum atomic E-state index is 12.4. The van der Waals surface area contributed by atoms with Gasteiger partial charge < -0.3 is 10.4 Å². The molecular formula is C18H23N3O3. The van der Waals surface area contributed by atoms with Crippen LogP contribution in [0.25, 0.3) is 0 Å². The highest BCUT2D eigenvalue weighted by Gasteiger charge is 2.23. The van der Waals surface area contributed by atoms with E-state index in [-0.39, 0.29) is 6.42 Å². The number of carbonyl (C=O) groups is 2. The smallest absolute Gasteiger partial charge is 0.326 e. The van der Waals surface area contributed by atoms with E-state index in [2.05, 4.69) is 24.3 Å². The van der Waals surface area contributed by atoms with Crippen LogP contribution in [0.2, 0.25) is 0 Å². The molecule has 0 aliphatic rings. The van der Waals surface area contributed by atoms with Crippen molar-refractivity contribution >= 4 is 11.9 Å². The van der Waals surface area contributed by atoms with E-state index in [0.717, 1.165) is 11.3 Å². The molecule has 1 atom stereocenters. The Labute approximate surface area is 141 Å². The van der Waals surface area contributed by atoms with Crippen molar-refractivity contribution in [2.75, 3.05) is 0 Å². The number of carboxylic acid groups (broad SMARTS) is 1. The van der Waals surface area contributed by atoms with Gasteiger partial charge >= 0.3 is 5.97 Å². The molecule has 6 heteroatoms. The van der Waals surface area contributed by atoms with Gasteiger partial charge in [-0.25, -0.2) is 4.79 Å². The Hall–Kier alpha value is -2.63. The molecule has 2 aromatic rings. The van der Waals surface area contributed by atoms with Crippen molar-refractivity contribution in [1.29, 1.82) is 0 Å². The van der Waals surface area contributed by atoms with Gasteiger partial charge in [-0.15, -0.1) is 0 Å². The lowest BCUT2D eigenvalue weighted by molar-refractivity contribution is -0.139. The van der Waals surface area contributed by atoms with E-state index in [9.17, 15) is 14.7 Å². The number of hydrogen-bond acceptors (Lipinski definition) is 3. The Morgan fingerprint density at radius 3 is 2.50 bits per heavy atom. The number of nitrogens with one attached hydrogen (secondary N) is 1. The van der Waals surface area contributed by atoms with Crippen LogP contribution in [0.1, 0.15) is 35.5 Å². The van der Waals surface area contributed by atoms with Crippen LogP contribution < -0.4 is 5.32 Å². The van der Waals surface area contributed by atoms with Crippen LogP contribution >= 0.6 is 0 Å². The molecule has 0 radical (unpaired) electrons. The van der Waals surface area contributed by atoms with E-state index >= 15 is 0 Å². The van der Waals surface area contributed by atoms with Gasteiger partial charge in [0.25, 0.3) is 5.91 Å². The minimum atomic E-state index is -1.06. The highest BCUT2D eigenvalue weighted by Crippen LogP contribution is 2.11. The Kier molecular flexibility index (Phi) is 5.73. The summed E-state index contributed by atoms with van der Waals surface area (Å²) in [6, 6.07) is 8.26. The van der Waals surface area contributed by atoms with Crippen LogP contribution in [0.4, 0.5) is 0 Å². The summed E-state index contributed by atoms with van der Waals surface area (Å²) < 4.78 is 1.77. The third kappa shape index (κ3) is 4.44. The molecule has 1 amide bonds. The highest BCUT2D eigenvalue weighted by molar-refractivity contribution is 5.97. The topological polar surface area (TPSA) is 84.2 Å². The zero-order valence-electron chi connectivity index (χ0n) is 14.2. The molecule has 0 aliphatic carbocycles. The second-order valence-electron chi connectivity index (χ2n) is 6.27. The Balaban J connectivity index is 2.11. The van der Waals surface area contributed by atoms with E-state index in [1.807, 2.05) is 37.3 Å². The number of aliphatic carboxylic acids is 1. The van der Waals surface area contributed by atoms with Gasteiger partial charge in [-0.2, -0.15) is 5.10 Å². The normalized spacial score (nSPS) is 12.2. The molecule has 128 valence electrons. The van der Waals surface area contributed by atoms with Gasteiger partial charge in [-0.1, -0.05) is 44.2 Å². The van der Waals surface area contributed by atoms with Crippen molar-refractivity contribution in [2.45, 2.75) is 39.8 Å². The first-order valence-electron chi connectivity index (χ1n) is 7.98. The Morgan fingerprint density at radius 1 is 1.25 bits per heavy atom. The lowest BCUT2D eigenvalue weighted by Gasteiger charge is -2.15. The molecule has 2 rings (SSSR count). The van der Waals surface area contributed by atoms with Gasteiger partial charge in [0.2, 0.25) is 0 Å². The average molecular weight is 329 g/mol. The largest absolute Gasteiger partial charge is 0.480 e. The molecule has 1 aromatic heterocycles. The van der Waals surface area contributed by atoms with Crippen LogP contribution in [0.3, 0.4) is 0 Å². The number of rotatable bonds is 7. The average Bonchev–Trinajstić information content (AvgIpc) is 2.88. The lowest BCUT2D eigenvalue weighted by Crippen LogP contribution is -2.42. The molecule has 0 fully saturated rings. The summed E-state index contributed by atoms with van der Waals surface area (Å²) in [5.41, 5.74) is 2.01. The Morgan fingerprint density at radius 2 is 1.92 bits per heavy atom. The van der Waals surface area contributed by atoms with Crippen LogP contribution in [-0.2, 0) is 17.8 Å². The van der Waals surface area contributed by atoms with Crippen LogP contribution in [-0.4, -0.2) is 32.8 Å². The van der Waals surface area contributed by atoms with Crippen LogP contribution in [0.15, 0.2) is 36.5 Å². The number of hydrogen-bond donors (Lipinski definition) is 2. The molecule has 0 bridgehead atoms. The molecular weight excluding hydrogens is 306 g/mol. The molecule has 0 saturated heterocycles. The third-order valence-electron chi connectivity index (χ3n) is 3.77. The quantitative estimate of drug-likeness (QED) is 0.816. The number of amides is 1. The fraction of sp³-hybridized carbons (Fsp3) is 0.389. The van der Waals surface area contributed by atoms with E-state index in [0.29, 0.717) is 18.0 Å². The first-order valence-corrected chi connectivity index (χ1v) is 7.98. The minimum absolute atomic E-state index is 0.237. The standard InChI is InChI=1S/C18H23N3O3/c1-12(2)11-21-13(3)15(10-19-21)17(22)20-16(18(23)24)9-14-7-5-4-6-8-14/h4-8,10,12,16H,9,11H2,1-3H3,(H,20,22)(H,23,24). The summed E-state index contributed by atoms with van der Waals surface area (Å²) in [6.45, 7) is 6.67. The number of nitrogens with zero attached hydrogens (tertiary/aromatic N) is 2.